The van der Waals surface area contributed by atoms with Gasteiger partial charge in [-0.15, -0.1) is 0 Å². The maximum absolute atomic E-state index is 13.0. The summed E-state index contributed by atoms with van der Waals surface area (Å²) in [6.07, 6.45) is 1.61. The number of nitrogens with zero attached hydrogens (tertiary/aromatic N) is 3. The van der Waals surface area contributed by atoms with Gasteiger partial charge in [0.15, 0.2) is 4.32 Å². The molecule has 0 radical (unpaired) electrons. The molecule has 152 valence electrons. The van der Waals surface area contributed by atoms with E-state index in [0.29, 0.717) is 26.3 Å². The first-order chi connectivity index (χ1) is 14.3. The number of carbonyl (C=O) groups excluding carboxylic acids is 1. The van der Waals surface area contributed by atoms with Crippen molar-refractivity contribution < 1.29 is 14.1 Å². The second-order valence-corrected chi connectivity index (χ2v) is 8.63. The first kappa shape index (κ1) is 20.4. The summed E-state index contributed by atoms with van der Waals surface area (Å²) in [7, 11) is 0. The highest BCUT2D eigenvalue weighted by molar-refractivity contribution is 8.27. The standard InChI is InChI=1S/C20H14ClN3O4S2/c1-11-3-4-12(2)22(11)23-19(25)18(30-20(23)29)10-14-6-8-17(28-14)13-5-7-15(21)16(9-13)24(26)27/h3-10H,1-2H3/b18-10-. The molecule has 0 saturated carbocycles. The number of aromatic nitrogens is 1. The largest absolute Gasteiger partial charge is 0.457 e. The van der Waals surface area contributed by atoms with Crippen LogP contribution in [0.5, 0.6) is 0 Å². The fraction of sp³-hybridized carbons (Fsp3) is 0.100. The van der Waals surface area contributed by atoms with Gasteiger partial charge in [0.2, 0.25) is 0 Å². The van der Waals surface area contributed by atoms with Crippen LogP contribution in [0.1, 0.15) is 17.1 Å². The van der Waals surface area contributed by atoms with E-state index in [-0.39, 0.29) is 16.6 Å². The summed E-state index contributed by atoms with van der Waals surface area (Å²) in [5.41, 5.74) is 2.10. The van der Waals surface area contributed by atoms with E-state index in [9.17, 15) is 14.9 Å². The lowest BCUT2D eigenvalue weighted by Gasteiger charge is -2.20. The van der Waals surface area contributed by atoms with Crippen molar-refractivity contribution in [2.24, 2.45) is 0 Å². The molecule has 0 spiro atoms. The highest BCUT2D eigenvalue weighted by atomic mass is 35.5. The molecule has 4 rings (SSSR count). The topological polar surface area (TPSA) is 81.5 Å². The molecule has 1 aromatic carbocycles. The molecule has 0 aliphatic carbocycles. The number of nitro benzene ring substituents is 1. The van der Waals surface area contributed by atoms with Gasteiger partial charge < -0.3 is 4.42 Å². The molecule has 10 heteroatoms. The Kier molecular flexibility index (Phi) is 5.27. The Balaban J connectivity index is 1.64. The molecule has 1 aliphatic rings. The van der Waals surface area contributed by atoms with E-state index in [1.54, 1.807) is 29.0 Å². The molecular weight excluding hydrogens is 446 g/mol. The van der Waals surface area contributed by atoms with Crippen molar-refractivity contribution in [2.45, 2.75) is 13.8 Å². The van der Waals surface area contributed by atoms with Crippen molar-refractivity contribution in [1.29, 1.82) is 0 Å². The number of aryl methyl sites for hydroxylation is 2. The molecule has 30 heavy (non-hydrogen) atoms. The third kappa shape index (κ3) is 3.55. The zero-order valence-electron chi connectivity index (χ0n) is 15.8. The molecule has 2 aromatic heterocycles. The lowest BCUT2D eigenvalue weighted by molar-refractivity contribution is -0.384. The highest BCUT2D eigenvalue weighted by Crippen LogP contribution is 2.35. The van der Waals surface area contributed by atoms with Crippen molar-refractivity contribution in [3.63, 3.8) is 0 Å². The van der Waals surface area contributed by atoms with Gasteiger partial charge in [0, 0.05) is 29.1 Å². The summed E-state index contributed by atoms with van der Waals surface area (Å²) >= 11 is 12.5. The van der Waals surface area contributed by atoms with Gasteiger partial charge in [0.05, 0.1) is 9.83 Å². The summed E-state index contributed by atoms with van der Waals surface area (Å²) in [6.45, 7) is 3.80. The first-order valence-corrected chi connectivity index (χ1v) is 10.3. The number of hydrogen-bond donors (Lipinski definition) is 0. The number of thiocarbonyl (C=S) groups is 1. The quantitative estimate of drug-likeness (QED) is 0.223. The molecule has 1 amide bonds. The number of halogens is 1. The van der Waals surface area contributed by atoms with Gasteiger partial charge in [-0.2, -0.15) is 5.01 Å². The van der Waals surface area contributed by atoms with Crippen LogP contribution in [0.3, 0.4) is 0 Å². The predicted molar refractivity (Wildman–Crippen MR) is 121 cm³/mol. The lowest BCUT2D eigenvalue weighted by Crippen LogP contribution is -2.39. The van der Waals surface area contributed by atoms with Gasteiger partial charge in [-0.3, -0.25) is 19.6 Å². The number of amides is 1. The fourth-order valence-electron chi connectivity index (χ4n) is 3.13. The summed E-state index contributed by atoms with van der Waals surface area (Å²) in [5.74, 6) is 0.616. The maximum atomic E-state index is 13.0. The van der Waals surface area contributed by atoms with Gasteiger partial charge in [-0.1, -0.05) is 23.4 Å². The Morgan fingerprint density at radius 1 is 1.17 bits per heavy atom. The van der Waals surface area contributed by atoms with Gasteiger partial charge >= 0.3 is 0 Å². The normalized spacial score (nSPS) is 15.4. The Bertz CT molecular complexity index is 1230. The summed E-state index contributed by atoms with van der Waals surface area (Å²) in [5, 5.41) is 12.6. The van der Waals surface area contributed by atoms with Crippen LogP contribution in [-0.4, -0.2) is 19.8 Å². The van der Waals surface area contributed by atoms with Crippen LogP contribution in [0.25, 0.3) is 17.4 Å². The van der Waals surface area contributed by atoms with Gasteiger partial charge in [-0.25, -0.2) is 0 Å². The van der Waals surface area contributed by atoms with E-state index in [0.717, 1.165) is 11.4 Å². The molecule has 7 nitrogen and oxygen atoms in total. The van der Waals surface area contributed by atoms with E-state index < -0.39 is 4.92 Å². The SMILES string of the molecule is Cc1ccc(C)n1N1C(=O)/C(=C/c2ccc(-c3ccc(Cl)c([N+](=O)[O-])c3)o2)SC1=S. The van der Waals surface area contributed by atoms with Crippen LogP contribution >= 0.6 is 35.6 Å². The number of benzene rings is 1. The van der Waals surface area contributed by atoms with Crippen LogP contribution < -0.4 is 5.01 Å². The first-order valence-electron chi connectivity index (χ1n) is 8.73. The molecule has 3 heterocycles. The van der Waals surface area contributed by atoms with E-state index >= 15 is 0 Å². The highest BCUT2D eigenvalue weighted by Gasteiger charge is 2.35. The molecule has 1 fully saturated rings. The maximum Gasteiger partial charge on any atom is 0.288 e. The second kappa shape index (κ2) is 7.75. The molecule has 1 aliphatic heterocycles. The average Bonchev–Trinajstić information content (AvgIpc) is 3.36. The van der Waals surface area contributed by atoms with E-state index in [1.807, 2.05) is 26.0 Å². The number of hydrogen-bond acceptors (Lipinski definition) is 6. The summed E-state index contributed by atoms with van der Waals surface area (Å²) in [6, 6.07) is 11.6. The number of nitro groups is 1. The minimum Gasteiger partial charge on any atom is -0.457 e. The molecule has 0 atom stereocenters. The van der Waals surface area contributed by atoms with E-state index in [2.05, 4.69) is 0 Å². The number of thioether (sulfide) groups is 1. The van der Waals surface area contributed by atoms with Crippen LogP contribution in [0, 0.1) is 24.0 Å². The molecule has 0 bridgehead atoms. The monoisotopic (exact) mass is 459 g/mol. The molecular formula is C20H14ClN3O4S2. The zero-order valence-corrected chi connectivity index (χ0v) is 18.2. The number of furan rings is 1. The Morgan fingerprint density at radius 3 is 2.53 bits per heavy atom. The minimum absolute atomic E-state index is 0.0507. The van der Waals surface area contributed by atoms with Crippen molar-refractivity contribution in [1.82, 2.24) is 4.68 Å². The minimum atomic E-state index is -0.549. The van der Waals surface area contributed by atoms with Gasteiger partial charge in [0.25, 0.3) is 11.6 Å². The van der Waals surface area contributed by atoms with Gasteiger partial charge in [-0.05, 0) is 62.5 Å². The molecule has 0 N–H and O–H groups in total. The lowest BCUT2D eigenvalue weighted by atomic mass is 10.1. The predicted octanol–water partition coefficient (Wildman–Crippen LogP) is 5.46. The third-order valence-electron chi connectivity index (χ3n) is 4.53. The van der Waals surface area contributed by atoms with Crippen LogP contribution in [0.4, 0.5) is 5.69 Å². The van der Waals surface area contributed by atoms with E-state index in [1.165, 1.54) is 28.9 Å². The number of carbonyl (C=O) groups is 1. The molecule has 3 aromatic rings. The van der Waals surface area contributed by atoms with Crippen LogP contribution in [0.15, 0.2) is 51.8 Å². The Morgan fingerprint density at radius 2 is 1.87 bits per heavy atom. The third-order valence-corrected chi connectivity index (χ3v) is 6.14. The zero-order chi connectivity index (χ0) is 21.6. The van der Waals surface area contributed by atoms with Crippen molar-refractivity contribution in [3.05, 3.63) is 79.7 Å². The summed E-state index contributed by atoms with van der Waals surface area (Å²) < 4.78 is 7.99. The molecule has 0 unspecified atom stereocenters. The van der Waals surface area contributed by atoms with Crippen molar-refractivity contribution in [3.8, 4) is 11.3 Å². The van der Waals surface area contributed by atoms with E-state index in [4.69, 9.17) is 28.2 Å². The average molecular weight is 460 g/mol. The van der Waals surface area contributed by atoms with Crippen molar-refractivity contribution >= 4 is 57.6 Å². The van der Waals surface area contributed by atoms with Crippen LogP contribution in [-0.2, 0) is 4.79 Å². The fourth-order valence-corrected chi connectivity index (χ4v) is 4.54. The smallest absolute Gasteiger partial charge is 0.288 e. The Hall–Kier alpha value is -2.88. The second-order valence-electron chi connectivity index (χ2n) is 6.55. The van der Waals surface area contributed by atoms with Gasteiger partial charge in [0.1, 0.15) is 16.5 Å². The Labute approximate surface area is 186 Å². The van der Waals surface area contributed by atoms with Crippen molar-refractivity contribution in [2.75, 3.05) is 5.01 Å². The number of rotatable bonds is 4. The molecule has 1 saturated heterocycles. The summed E-state index contributed by atoms with van der Waals surface area (Å²) in [4.78, 5) is 23.9. The van der Waals surface area contributed by atoms with Crippen LogP contribution in [0.2, 0.25) is 5.02 Å².